The molecule has 1 aliphatic rings. The zero-order valence-corrected chi connectivity index (χ0v) is 21.1. The first-order chi connectivity index (χ1) is 17.8. The Morgan fingerprint density at radius 3 is 2.46 bits per heavy atom. The van der Waals surface area contributed by atoms with Crippen molar-refractivity contribution in [1.29, 1.82) is 0 Å². The number of halogens is 2. The highest BCUT2D eigenvalue weighted by atomic mass is 35.5. The number of ether oxygens (including phenoxy) is 1. The van der Waals surface area contributed by atoms with Crippen molar-refractivity contribution in [2.75, 3.05) is 11.5 Å². The summed E-state index contributed by atoms with van der Waals surface area (Å²) in [6, 6.07) is 21.0. The maximum absolute atomic E-state index is 13.6. The molecule has 37 heavy (non-hydrogen) atoms. The van der Waals surface area contributed by atoms with Gasteiger partial charge in [0.1, 0.15) is 5.76 Å². The number of Topliss-reactive ketones (excluding diaryl/α,β-unsaturated/α-hetero) is 1. The molecule has 1 amide bonds. The van der Waals surface area contributed by atoms with Crippen LogP contribution in [0.5, 0.6) is 11.5 Å². The molecule has 8 heteroatoms. The number of amides is 1. The van der Waals surface area contributed by atoms with Gasteiger partial charge in [-0.25, -0.2) is 0 Å². The van der Waals surface area contributed by atoms with Gasteiger partial charge >= 0.3 is 0 Å². The third kappa shape index (κ3) is 4.28. The van der Waals surface area contributed by atoms with Crippen molar-refractivity contribution >= 4 is 57.1 Å². The number of aliphatic hydroxyl groups excluding tert-OH is 1. The minimum atomic E-state index is -1.01. The van der Waals surface area contributed by atoms with Crippen LogP contribution in [0.4, 0.5) is 5.69 Å². The number of aromatic hydroxyl groups is 1. The van der Waals surface area contributed by atoms with E-state index in [2.05, 4.69) is 0 Å². The molecule has 1 atom stereocenters. The largest absolute Gasteiger partial charge is 0.507 e. The smallest absolute Gasteiger partial charge is 0.300 e. The maximum atomic E-state index is 13.6. The molecule has 1 unspecified atom stereocenters. The molecule has 4 aromatic carbocycles. The lowest BCUT2D eigenvalue weighted by atomic mass is 9.94. The van der Waals surface area contributed by atoms with Gasteiger partial charge in [-0.3, -0.25) is 14.5 Å². The molecule has 5 rings (SSSR count). The Kier molecular flexibility index (Phi) is 6.54. The van der Waals surface area contributed by atoms with Crippen LogP contribution >= 0.6 is 23.2 Å². The van der Waals surface area contributed by atoms with E-state index in [4.69, 9.17) is 27.9 Å². The summed E-state index contributed by atoms with van der Waals surface area (Å²) in [5.41, 5.74) is 1.09. The number of carbonyl (C=O) groups is 2. The van der Waals surface area contributed by atoms with Gasteiger partial charge in [0, 0.05) is 10.9 Å². The highest BCUT2D eigenvalue weighted by Gasteiger charge is 2.47. The number of anilines is 1. The Bertz CT molecular complexity index is 1590. The number of rotatable bonds is 5. The van der Waals surface area contributed by atoms with Crippen LogP contribution in [0.15, 0.2) is 84.4 Å². The second-order valence-electron chi connectivity index (χ2n) is 8.46. The first-order valence-corrected chi connectivity index (χ1v) is 12.3. The highest BCUT2D eigenvalue weighted by molar-refractivity contribution is 6.52. The molecular weight excluding hydrogens is 513 g/mol. The molecular formula is C29H21Cl2NO5. The molecule has 186 valence electrons. The number of hydrogen-bond acceptors (Lipinski definition) is 5. The van der Waals surface area contributed by atoms with Crippen molar-refractivity contribution in [3.8, 4) is 11.5 Å². The van der Waals surface area contributed by atoms with Crippen LogP contribution in [0, 0.1) is 0 Å². The molecule has 0 bridgehead atoms. The number of aliphatic hydroxyl groups is 1. The van der Waals surface area contributed by atoms with E-state index in [1.165, 1.54) is 29.2 Å². The molecule has 0 spiro atoms. The highest BCUT2D eigenvalue weighted by Crippen LogP contribution is 2.46. The second kappa shape index (κ2) is 9.81. The van der Waals surface area contributed by atoms with E-state index < -0.39 is 23.5 Å². The van der Waals surface area contributed by atoms with E-state index >= 15 is 0 Å². The van der Waals surface area contributed by atoms with E-state index in [1.807, 2.05) is 30.3 Å². The summed E-state index contributed by atoms with van der Waals surface area (Å²) in [6.45, 7) is 2.07. The van der Waals surface area contributed by atoms with Crippen molar-refractivity contribution in [2.45, 2.75) is 13.0 Å². The fraction of sp³-hybridized carbons (Fsp3) is 0.103. The molecule has 4 aromatic rings. The average Bonchev–Trinajstić information content (AvgIpc) is 3.16. The van der Waals surface area contributed by atoms with Crippen LogP contribution in [0.1, 0.15) is 24.1 Å². The van der Waals surface area contributed by atoms with Gasteiger partial charge in [0.2, 0.25) is 0 Å². The molecule has 2 N–H and O–H groups in total. The molecule has 0 aliphatic carbocycles. The lowest BCUT2D eigenvalue weighted by Gasteiger charge is -2.27. The number of phenols is 1. The van der Waals surface area contributed by atoms with Gasteiger partial charge in [-0.2, -0.15) is 0 Å². The number of hydrogen-bond donors (Lipinski definition) is 2. The van der Waals surface area contributed by atoms with Crippen molar-refractivity contribution in [1.82, 2.24) is 0 Å². The first kappa shape index (κ1) is 24.7. The van der Waals surface area contributed by atoms with Crippen molar-refractivity contribution in [2.24, 2.45) is 0 Å². The monoisotopic (exact) mass is 533 g/mol. The summed E-state index contributed by atoms with van der Waals surface area (Å²) in [4.78, 5) is 28.5. The van der Waals surface area contributed by atoms with Crippen LogP contribution in [-0.4, -0.2) is 28.5 Å². The molecule has 1 fully saturated rings. The summed E-state index contributed by atoms with van der Waals surface area (Å²) in [6.07, 6.45) is 0. The minimum absolute atomic E-state index is 0.0859. The van der Waals surface area contributed by atoms with Gasteiger partial charge in [-0.1, -0.05) is 65.7 Å². The number of benzene rings is 4. The van der Waals surface area contributed by atoms with E-state index in [9.17, 15) is 19.8 Å². The van der Waals surface area contributed by atoms with Crippen LogP contribution in [0.3, 0.4) is 0 Å². The van der Waals surface area contributed by atoms with E-state index in [1.54, 1.807) is 31.2 Å². The summed E-state index contributed by atoms with van der Waals surface area (Å²) in [5, 5.41) is 23.8. The molecule has 0 radical (unpaired) electrons. The Labute approximate surface area is 222 Å². The van der Waals surface area contributed by atoms with E-state index in [-0.39, 0.29) is 32.7 Å². The van der Waals surface area contributed by atoms with Gasteiger partial charge < -0.3 is 14.9 Å². The number of ketones is 1. The molecule has 1 heterocycles. The normalized spacial score (nSPS) is 16.9. The van der Waals surface area contributed by atoms with Gasteiger partial charge in [0.05, 0.1) is 34.0 Å². The Hall–Kier alpha value is -4.00. The topological polar surface area (TPSA) is 87.1 Å². The molecule has 0 saturated carbocycles. The third-order valence-electron chi connectivity index (χ3n) is 6.26. The van der Waals surface area contributed by atoms with Crippen molar-refractivity contribution < 1.29 is 24.5 Å². The number of fused-ring (bicyclic) bond motifs is 1. The quantitative estimate of drug-likeness (QED) is 0.166. The number of phenolic OH excluding ortho intramolecular Hbond substituents is 1. The SMILES string of the molecule is CCOc1cc(C2/C(=C(\O)c3ccc(Cl)c(Cl)c3)C(=O)C(=O)N2c2cccc3ccccc23)ccc1O. The molecule has 6 nitrogen and oxygen atoms in total. The van der Waals surface area contributed by atoms with Gasteiger partial charge in [0.15, 0.2) is 11.5 Å². The van der Waals surface area contributed by atoms with Crippen LogP contribution in [0.2, 0.25) is 10.0 Å². The summed E-state index contributed by atoms with van der Waals surface area (Å²) < 4.78 is 5.56. The van der Waals surface area contributed by atoms with E-state index in [0.717, 1.165) is 10.8 Å². The Morgan fingerprint density at radius 1 is 0.946 bits per heavy atom. The average molecular weight is 534 g/mol. The summed E-state index contributed by atoms with van der Waals surface area (Å²) in [7, 11) is 0. The number of nitrogens with zero attached hydrogens (tertiary/aromatic N) is 1. The molecule has 1 aliphatic heterocycles. The van der Waals surface area contributed by atoms with Gasteiger partial charge in [0.25, 0.3) is 11.7 Å². The van der Waals surface area contributed by atoms with Crippen LogP contribution in [-0.2, 0) is 9.59 Å². The third-order valence-corrected chi connectivity index (χ3v) is 7.00. The minimum Gasteiger partial charge on any atom is -0.507 e. The Morgan fingerprint density at radius 2 is 1.70 bits per heavy atom. The standard InChI is InChI=1S/C29H21Cl2NO5/c1-2-37-24-15-17(11-13-23(24)33)26-25(27(34)18-10-12-20(30)21(31)14-18)28(35)29(36)32(26)22-9-5-7-16-6-3-4-8-19(16)22/h3-15,26,33-34H,2H2,1H3/b27-25+. The van der Waals surface area contributed by atoms with Crippen LogP contribution < -0.4 is 9.64 Å². The second-order valence-corrected chi connectivity index (χ2v) is 9.27. The predicted octanol–water partition coefficient (Wildman–Crippen LogP) is 6.88. The van der Waals surface area contributed by atoms with Crippen LogP contribution in [0.25, 0.3) is 16.5 Å². The summed E-state index contributed by atoms with van der Waals surface area (Å²) >= 11 is 12.2. The zero-order chi connectivity index (χ0) is 26.3. The Balaban J connectivity index is 1.79. The first-order valence-electron chi connectivity index (χ1n) is 11.5. The van der Waals surface area contributed by atoms with Gasteiger partial charge in [-0.05, 0) is 54.3 Å². The lowest BCUT2D eigenvalue weighted by molar-refractivity contribution is -0.132. The maximum Gasteiger partial charge on any atom is 0.300 e. The molecule has 1 saturated heterocycles. The van der Waals surface area contributed by atoms with Crippen molar-refractivity contribution in [3.63, 3.8) is 0 Å². The summed E-state index contributed by atoms with van der Waals surface area (Å²) in [5.74, 6) is -1.94. The van der Waals surface area contributed by atoms with Gasteiger partial charge in [-0.15, -0.1) is 0 Å². The fourth-order valence-electron chi connectivity index (χ4n) is 4.59. The molecule has 0 aromatic heterocycles. The van der Waals surface area contributed by atoms with E-state index in [0.29, 0.717) is 17.9 Å². The fourth-order valence-corrected chi connectivity index (χ4v) is 4.88. The zero-order valence-electron chi connectivity index (χ0n) is 19.6. The van der Waals surface area contributed by atoms with Crippen molar-refractivity contribution in [3.05, 3.63) is 106 Å². The predicted molar refractivity (Wildman–Crippen MR) is 144 cm³/mol. The number of carbonyl (C=O) groups excluding carboxylic acids is 2. The lowest BCUT2D eigenvalue weighted by Crippen LogP contribution is -2.29.